The molecule has 0 radical (unpaired) electrons. The van der Waals surface area contributed by atoms with Crippen molar-refractivity contribution < 1.29 is 23.0 Å². The van der Waals surface area contributed by atoms with Gasteiger partial charge in [0.05, 0.1) is 35.1 Å². The van der Waals surface area contributed by atoms with Crippen LogP contribution in [0.5, 0.6) is 11.5 Å². The Labute approximate surface area is 245 Å². The predicted molar refractivity (Wildman–Crippen MR) is 160 cm³/mol. The number of hydrogen-bond donors (Lipinski definition) is 1. The van der Waals surface area contributed by atoms with Gasteiger partial charge < -0.3 is 14.6 Å². The van der Waals surface area contributed by atoms with Crippen molar-refractivity contribution in [3.63, 3.8) is 0 Å². The summed E-state index contributed by atoms with van der Waals surface area (Å²) < 4.78 is 43.2. The van der Waals surface area contributed by atoms with Crippen LogP contribution in [-0.2, 0) is 34.0 Å². The second-order valence-corrected chi connectivity index (χ2v) is 14.8. The number of ether oxygens (including phenoxy) is 2. The summed E-state index contributed by atoms with van der Waals surface area (Å²) in [7, 11) is -2.20. The Kier molecular flexibility index (Phi) is 5.04. The van der Waals surface area contributed by atoms with E-state index in [0.29, 0.717) is 41.5 Å². The Morgan fingerprint density at radius 1 is 1.05 bits per heavy atom. The number of benzene rings is 3. The third-order valence-corrected chi connectivity index (χ3v) is 12.5. The number of fused-ring (bicyclic) bond motifs is 4. The predicted octanol–water partition coefficient (Wildman–Crippen LogP) is 4.73. The quantitative estimate of drug-likeness (QED) is 0.354. The molecule has 8 heteroatoms. The third-order valence-electron chi connectivity index (χ3n) is 10.9. The van der Waals surface area contributed by atoms with Crippen molar-refractivity contribution in [2.75, 3.05) is 20.2 Å². The molecule has 2 fully saturated rings. The second-order valence-electron chi connectivity index (χ2n) is 13.0. The monoisotopic (exact) mass is 582 g/mol. The van der Waals surface area contributed by atoms with Gasteiger partial charge in [-0.05, 0) is 67.0 Å². The molecule has 1 aromatic heterocycles. The van der Waals surface area contributed by atoms with Crippen LogP contribution in [0.2, 0.25) is 0 Å². The van der Waals surface area contributed by atoms with Crippen LogP contribution in [0, 0.1) is 5.92 Å². The van der Waals surface area contributed by atoms with E-state index in [-0.39, 0.29) is 11.8 Å². The van der Waals surface area contributed by atoms with Gasteiger partial charge in [0.25, 0.3) is 0 Å². The fourth-order valence-electron chi connectivity index (χ4n) is 8.97. The highest BCUT2D eigenvalue weighted by Gasteiger charge is 2.73. The highest BCUT2D eigenvalue weighted by Crippen LogP contribution is 2.69. The lowest BCUT2D eigenvalue weighted by molar-refractivity contribution is -0.173. The van der Waals surface area contributed by atoms with Crippen molar-refractivity contribution in [1.82, 2.24) is 8.87 Å². The average Bonchev–Trinajstić information content (AvgIpc) is 3.64. The number of hydrogen-bond acceptors (Lipinski definition) is 6. The summed E-state index contributed by atoms with van der Waals surface area (Å²) in [6, 6.07) is 21.1. The number of aliphatic hydroxyl groups is 1. The van der Waals surface area contributed by atoms with Crippen LogP contribution in [-0.4, -0.2) is 54.2 Å². The summed E-state index contributed by atoms with van der Waals surface area (Å²) >= 11 is 0. The number of methoxy groups -OCH3 is 1. The van der Waals surface area contributed by atoms with E-state index in [1.165, 1.54) is 18.4 Å². The first-order valence-electron chi connectivity index (χ1n) is 15.1. The minimum Gasteiger partial charge on any atom is -0.493 e. The highest BCUT2D eigenvalue weighted by atomic mass is 32.2. The summed E-state index contributed by atoms with van der Waals surface area (Å²) in [6.45, 7) is 1.86. The first kappa shape index (κ1) is 25.2. The molecule has 3 aromatic carbocycles. The molecule has 5 aliphatic rings. The normalized spacial score (nSPS) is 29.2. The maximum atomic E-state index is 14.4. The summed E-state index contributed by atoms with van der Waals surface area (Å²) in [5.74, 6) is 1.88. The number of piperidine rings is 1. The Morgan fingerprint density at radius 3 is 2.62 bits per heavy atom. The van der Waals surface area contributed by atoms with Gasteiger partial charge in [0.2, 0.25) is 10.0 Å². The molecular formula is C34H34N2O5S. The molecule has 7 nitrogen and oxygen atoms in total. The molecule has 2 aliphatic heterocycles. The van der Waals surface area contributed by atoms with Crippen LogP contribution in [0.15, 0.2) is 66.7 Å². The molecule has 1 saturated heterocycles. The Morgan fingerprint density at radius 2 is 1.83 bits per heavy atom. The van der Waals surface area contributed by atoms with E-state index in [9.17, 15) is 13.5 Å². The minimum absolute atomic E-state index is 0.0685. The van der Waals surface area contributed by atoms with E-state index < -0.39 is 27.1 Å². The van der Waals surface area contributed by atoms with Crippen LogP contribution in [0.25, 0.3) is 10.9 Å². The van der Waals surface area contributed by atoms with Gasteiger partial charge in [-0.15, -0.1) is 0 Å². The largest absolute Gasteiger partial charge is 0.493 e. The van der Waals surface area contributed by atoms with Crippen molar-refractivity contribution in [2.45, 2.75) is 61.0 Å². The lowest BCUT2D eigenvalue weighted by atomic mass is 9.49. The van der Waals surface area contributed by atoms with Gasteiger partial charge in [0.15, 0.2) is 17.6 Å². The Balaban J connectivity index is 1.32. The van der Waals surface area contributed by atoms with Crippen molar-refractivity contribution in [3.05, 3.63) is 94.7 Å². The Hall–Kier alpha value is -3.33. The first-order chi connectivity index (χ1) is 20.4. The molecule has 0 amide bonds. The summed E-state index contributed by atoms with van der Waals surface area (Å²) in [4.78, 5) is 2.53. The van der Waals surface area contributed by atoms with Gasteiger partial charge in [-0.2, -0.15) is 0 Å². The zero-order valence-corrected chi connectivity index (χ0v) is 24.4. The van der Waals surface area contributed by atoms with E-state index in [0.717, 1.165) is 41.6 Å². The maximum Gasteiger partial charge on any atom is 0.243 e. The molecule has 3 aliphatic carbocycles. The van der Waals surface area contributed by atoms with Crippen LogP contribution in [0.1, 0.15) is 53.3 Å². The van der Waals surface area contributed by atoms with Crippen LogP contribution >= 0.6 is 0 Å². The SMILES string of the molecule is COc1ccc2c3c1OC1c4c(c5ccccc5n4S(=O)(=O)Cc4ccccc4)CC4(O)[C@@H](C2)N(CC2CC2)CC[C@]314. The maximum absolute atomic E-state index is 14.4. The molecule has 2 bridgehead atoms. The standard InChI is InChI=1S/C34H34N2O5S/c1-40-27-14-13-23-17-28-34(37)18-25-24-9-5-6-10-26(24)36(42(38,39)20-22-7-3-2-4-8-22)30(25)32-33(34,29(23)31(27)41-32)15-16-35(28)19-21-11-12-21/h2-10,13-14,21,28,32,37H,11-12,15-20H2,1H3/t28-,32?,33+,34?/m1/s1. The van der Waals surface area contributed by atoms with Gasteiger partial charge >= 0.3 is 0 Å². The van der Waals surface area contributed by atoms with Crippen molar-refractivity contribution in [1.29, 1.82) is 0 Å². The number of para-hydroxylation sites is 1. The van der Waals surface area contributed by atoms with E-state index in [4.69, 9.17) is 9.47 Å². The van der Waals surface area contributed by atoms with E-state index >= 15 is 0 Å². The minimum atomic E-state index is -3.84. The molecule has 2 unspecified atom stereocenters. The molecule has 1 N–H and O–H groups in total. The average molecular weight is 583 g/mol. The second kappa shape index (κ2) is 8.40. The van der Waals surface area contributed by atoms with Gasteiger partial charge in [-0.3, -0.25) is 4.90 Å². The van der Waals surface area contributed by atoms with E-state index in [1.54, 1.807) is 11.1 Å². The fourth-order valence-corrected chi connectivity index (χ4v) is 10.7. The van der Waals surface area contributed by atoms with E-state index in [2.05, 4.69) is 11.0 Å². The molecule has 3 heterocycles. The molecule has 216 valence electrons. The number of nitrogens with zero attached hydrogens (tertiary/aromatic N) is 2. The third kappa shape index (κ3) is 3.10. The molecule has 1 saturated carbocycles. The van der Waals surface area contributed by atoms with Crippen molar-refractivity contribution in [2.24, 2.45) is 5.92 Å². The van der Waals surface area contributed by atoms with Crippen molar-refractivity contribution in [3.8, 4) is 11.5 Å². The lowest BCUT2D eigenvalue weighted by Gasteiger charge is -2.62. The molecular weight excluding hydrogens is 548 g/mol. The van der Waals surface area contributed by atoms with Gasteiger partial charge in [0, 0.05) is 30.0 Å². The van der Waals surface area contributed by atoms with Crippen LogP contribution < -0.4 is 9.47 Å². The van der Waals surface area contributed by atoms with E-state index in [1.807, 2.05) is 60.7 Å². The number of rotatable bonds is 6. The zero-order chi connectivity index (χ0) is 28.4. The van der Waals surface area contributed by atoms with Crippen molar-refractivity contribution >= 4 is 20.9 Å². The zero-order valence-electron chi connectivity index (χ0n) is 23.6. The molecule has 9 rings (SSSR count). The van der Waals surface area contributed by atoms with Gasteiger partial charge in [-0.25, -0.2) is 12.4 Å². The highest BCUT2D eigenvalue weighted by molar-refractivity contribution is 7.89. The molecule has 4 atom stereocenters. The molecule has 42 heavy (non-hydrogen) atoms. The van der Waals surface area contributed by atoms with Gasteiger partial charge in [0.1, 0.15) is 0 Å². The summed E-state index contributed by atoms with van der Waals surface area (Å²) in [6.07, 6.45) is 3.69. The smallest absolute Gasteiger partial charge is 0.243 e. The number of likely N-dealkylation sites (tertiary alicyclic amines) is 1. The molecule has 1 spiro atoms. The summed E-state index contributed by atoms with van der Waals surface area (Å²) in [5.41, 5.74) is 3.27. The van der Waals surface area contributed by atoms with Crippen LogP contribution in [0.4, 0.5) is 0 Å². The summed E-state index contributed by atoms with van der Waals surface area (Å²) in [5, 5.41) is 14.1. The first-order valence-corrected chi connectivity index (χ1v) is 16.7. The molecule has 4 aromatic rings. The van der Waals surface area contributed by atoms with Crippen LogP contribution in [0.3, 0.4) is 0 Å². The fraction of sp³-hybridized carbons (Fsp3) is 0.412. The topological polar surface area (TPSA) is 81.0 Å². The van der Waals surface area contributed by atoms with Gasteiger partial charge in [-0.1, -0.05) is 54.6 Å². The number of aromatic nitrogens is 1. The lowest BCUT2D eigenvalue weighted by Crippen LogP contribution is -2.74. The Bertz CT molecular complexity index is 1880.